The summed E-state index contributed by atoms with van der Waals surface area (Å²) in [6, 6.07) is 11.8. The van der Waals surface area contributed by atoms with Gasteiger partial charge in [-0.2, -0.15) is 0 Å². The molecule has 146 valence electrons. The lowest BCUT2D eigenvalue weighted by Gasteiger charge is -2.14. The molecule has 0 aliphatic rings. The number of hydrogen-bond donors (Lipinski definition) is 1. The Balaban J connectivity index is 1.94. The fourth-order valence-electron chi connectivity index (χ4n) is 2.77. The summed E-state index contributed by atoms with van der Waals surface area (Å²) < 4.78 is 16.0. The number of nitrogens with zero attached hydrogens (tertiary/aromatic N) is 1. The number of benzene rings is 2. The summed E-state index contributed by atoms with van der Waals surface area (Å²) in [7, 11) is 8.72. The van der Waals surface area contributed by atoms with Crippen LogP contribution in [-0.2, 0) is 17.8 Å². The number of nitrogens with one attached hydrogen (secondary N) is 1. The van der Waals surface area contributed by atoms with E-state index in [0.29, 0.717) is 36.6 Å². The number of ether oxygens (including phenoxy) is 3. The maximum atomic E-state index is 12.2. The molecule has 0 bridgehead atoms. The van der Waals surface area contributed by atoms with Gasteiger partial charge in [-0.1, -0.05) is 12.1 Å². The Morgan fingerprint density at radius 3 is 2.19 bits per heavy atom. The average Bonchev–Trinajstić information content (AvgIpc) is 2.69. The maximum absolute atomic E-state index is 12.2. The smallest absolute Gasteiger partial charge is 0.220 e. The first-order valence-corrected chi connectivity index (χ1v) is 8.80. The predicted molar refractivity (Wildman–Crippen MR) is 107 cm³/mol. The minimum Gasteiger partial charge on any atom is -0.493 e. The van der Waals surface area contributed by atoms with Crippen molar-refractivity contribution in [2.24, 2.45) is 0 Å². The molecular weight excluding hydrogens is 344 g/mol. The van der Waals surface area contributed by atoms with Gasteiger partial charge < -0.3 is 24.4 Å². The molecule has 2 rings (SSSR count). The van der Waals surface area contributed by atoms with Gasteiger partial charge in [-0.25, -0.2) is 0 Å². The molecule has 6 heteroatoms. The summed E-state index contributed by atoms with van der Waals surface area (Å²) in [4.78, 5) is 14.3. The first kappa shape index (κ1) is 20.4. The molecule has 1 N–H and O–H groups in total. The van der Waals surface area contributed by atoms with Gasteiger partial charge in [0.25, 0.3) is 0 Å². The predicted octanol–water partition coefficient (Wildman–Crippen LogP) is 3.03. The van der Waals surface area contributed by atoms with E-state index in [0.717, 1.165) is 16.8 Å². The highest BCUT2D eigenvalue weighted by molar-refractivity contribution is 5.76. The Kier molecular flexibility index (Phi) is 7.34. The summed E-state index contributed by atoms with van der Waals surface area (Å²) >= 11 is 0. The topological polar surface area (TPSA) is 60.0 Å². The number of anilines is 1. The van der Waals surface area contributed by atoms with Crippen LogP contribution in [0.4, 0.5) is 5.69 Å². The van der Waals surface area contributed by atoms with E-state index in [1.165, 1.54) is 0 Å². The van der Waals surface area contributed by atoms with Crippen LogP contribution >= 0.6 is 0 Å². The lowest BCUT2D eigenvalue weighted by molar-refractivity contribution is -0.121. The van der Waals surface area contributed by atoms with Crippen LogP contribution in [0.3, 0.4) is 0 Å². The van der Waals surface area contributed by atoms with Crippen LogP contribution in [0.15, 0.2) is 36.4 Å². The van der Waals surface area contributed by atoms with Crippen LogP contribution in [0.25, 0.3) is 0 Å². The van der Waals surface area contributed by atoms with Crippen molar-refractivity contribution in [1.82, 2.24) is 5.32 Å². The molecule has 0 atom stereocenters. The molecular formula is C21H28N2O4. The zero-order valence-electron chi connectivity index (χ0n) is 16.7. The van der Waals surface area contributed by atoms with Gasteiger partial charge in [0.2, 0.25) is 11.7 Å². The first-order chi connectivity index (χ1) is 13.0. The number of amides is 1. The highest BCUT2D eigenvalue weighted by Crippen LogP contribution is 2.38. The third-order valence-electron chi connectivity index (χ3n) is 4.28. The van der Waals surface area contributed by atoms with Crippen molar-refractivity contribution in [2.75, 3.05) is 40.3 Å². The van der Waals surface area contributed by atoms with Gasteiger partial charge in [0.05, 0.1) is 21.3 Å². The third-order valence-corrected chi connectivity index (χ3v) is 4.28. The van der Waals surface area contributed by atoms with E-state index in [4.69, 9.17) is 14.2 Å². The van der Waals surface area contributed by atoms with Crippen molar-refractivity contribution < 1.29 is 19.0 Å². The molecule has 2 aromatic rings. The van der Waals surface area contributed by atoms with E-state index in [-0.39, 0.29) is 5.91 Å². The summed E-state index contributed by atoms with van der Waals surface area (Å²) in [5, 5.41) is 2.97. The standard InChI is InChI=1S/C21H28N2O4/c1-23(2)17-8-6-7-16(11-17)14-22-20(24)10-9-15-12-18(25-3)21(27-5)19(13-15)26-4/h6-8,11-13H,9-10,14H2,1-5H3,(H,22,24). The van der Waals surface area contributed by atoms with Gasteiger partial charge in [0.15, 0.2) is 11.5 Å². The first-order valence-electron chi connectivity index (χ1n) is 8.80. The van der Waals surface area contributed by atoms with Crippen LogP contribution in [0.2, 0.25) is 0 Å². The van der Waals surface area contributed by atoms with Crippen LogP contribution in [0.1, 0.15) is 17.5 Å². The minimum atomic E-state index is -0.000919. The average molecular weight is 372 g/mol. The number of hydrogen-bond acceptors (Lipinski definition) is 5. The van der Waals surface area contributed by atoms with Crippen molar-refractivity contribution in [3.8, 4) is 17.2 Å². The quantitative estimate of drug-likeness (QED) is 0.733. The normalized spacial score (nSPS) is 10.3. The van der Waals surface area contributed by atoms with E-state index in [9.17, 15) is 4.79 Å². The molecule has 0 spiro atoms. The summed E-state index contributed by atoms with van der Waals surface area (Å²) in [5.74, 6) is 1.73. The number of aryl methyl sites for hydroxylation is 1. The largest absolute Gasteiger partial charge is 0.493 e. The van der Waals surface area contributed by atoms with E-state index in [1.807, 2.05) is 49.3 Å². The fourth-order valence-corrected chi connectivity index (χ4v) is 2.77. The van der Waals surface area contributed by atoms with E-state index in [1.54, 1.807) is 21.3 Å². The maximum Gasteiger partial charge on any atom is 0.220 e. The Hall–Kier alpha value is -2.89. The zero-order chi connectivity index (χ0) is 19.8. The molecule has 0 heterocycles. The van der Waals surface area contributed by atoms with Crippen LogP contribution in [0, 0.1) is 0 Å². The van der Waals surface area contributed by atoms with E-state index in [2.05, 4.69) is 11.4 Å². The molecule has 0 aliphatic carbocycles. The molecule has 2 aromatic carbocycles. The molecule has 0 aromatic heterocycles. The Morgan fingerprint density at radius 2 is 1.63 bits per heavy atom. The van der Waals surface area contributed by atoms with Gasteiger partial charge in [-0.05, 0) is 41.8 Å². The monoisotopic (exact) mass is 372 g/mol. The fraction of sp³-hybridized carbons (Fsp3) is 0.381. The second kappa shape index (κ2) is 9.71. The van der Waals surface area contributed by atoms with Crippen molar-refractivity contribution in [2.45, 2.75) is 19.4 Å². The van der Waals surface area contributed by atoms with Crippen molar-refractivity contribution in [3.63, 3.8) is 0 Å². The Bertz CT molecular complexity index is 750. The van der Waals surface area contributed by atoms with Gasteiger partial charge in [0.1, 0.15) is 0 Å². The number of carbonyl (C=O) groups excluding carboxylic acids is 1. The molecule has 0 fully saturated rings. The lowest BCUT2D eigenvalue weighted by Crippen LogP contribution is -2.23. The SMILES string of the molecule is COc1cc(CCC(=O)NCc2cccc(N(C)C)c2)cc(OC)c1OC. The summed E-state index contributed by atoms with van der Waals surface area (Å²) in [5.41, 5.74) is 3.13. The van der Waals surface area contributed by atoms with Gasteiger partial charge >= 0.3 is 0 Å². The summed E-state index contributed by atoms with van der Waals surface area (Å²) in [6.45, 7) is 0.510. The van der Waals surface area contributed by atoms with Crippen LogP contribution < -0.4 is 24.4 Å². The van der Waals surface area contributed by atoms with Crippen LogP contribution in [-0.4, -0.2) is 41.3 Å². The number of methoxy groups -OCH3 is 3. The van der Waals surface area contributed by atoms with Crippen molar-refractivity contribution in [1.29, 1.82) is 0 Å². The second-order valence-corrected chi connectivity index (χ2v) is 6.37. The molecule has 0 aliphatic heterocycles. The van der Waals surface area contributed by atoms with E-state index >= 15 is 0 Å². The summed E-state index contributed by atoms with van der Waals surface area (Å²) in [6.07, 6.45) is 0.965. The molecule has 6 nitrogen and oxygen atoms in total. The van der Waals surface area contributed by atoms with Crippen molar-refractivity contribution >= 4 is 11.6 Å². The molecule has 0 unspecified atom stereocenters. The van der Waals surface area contributed by atoms with Gasteiger partial charge in [-0.15, -0.1) is 0 Å². The second-order valence-electron chi connectivity index (χ2n) is 6.37. The van der Waals surface area contributed by atoms with Gasteiger partial charge in [0, 0.05) is 32.7 Å². The molecule has 27 heavy (non-hydrogen) atoms. The minimum absolute atomic E-state index is 0.000919. The third kappa shape index (κ3) is 5.54. The number of carbonyl (C=O) groups is 1. The molecule has 0 saturated heterocycles. The van der Waals surface area contributed by atoms with E-state index < -0.39 is 0 Å². The Morgan fingerprint density at radius 1 is 0.963 bits per heavy atom. The zero-order valence-corrected chi connectivity index (χ0v) is 16.7. The lowest BCUT2D eigenvalue weighted by atomic mass is 10.1. The van der Waals surface area contributed by atoms with Gasteiger partial charge in [-0.3, -0.25) is 4.79 Å². The Labute approximate surface area is 161 Å². The molecule has 0 saturated carbocycles. The molecule has 1 amide bonds. The van der Waals surface area contributed by atoms with Crippen molar-refractivity contribution in [3.05, 3.63) is 47.5 Å². The molecule has 0 radical (unpaired) electrons. The highest BCUT2D eigenvalue weighted by atomic mass is 16.5. The highest BCUT2D eigenvalue weighted by Gasteiger charge is 2.14. The number of rotatable bonds is 9. The van der Waals surface area contributed by atoms with Crippen LogP contribution in [0.5, 0.6) is 17.2 Å².